The van der Waals surface area contributed by atoms with Crippen molar-refractivity contribution in [1.82, 2.24) is 24.0 Å². The van der Waals surface area contributed by atoms with Gasteiger partial charge in [-0.2, -0.15) is 0 Å². The maximum absolute atomic E-state index is 13.2. The predicted octanol–water partition coefficient (Wildman–Crippen LogP) is 6.86. The number of aryl methyl sites for hydroxylation is 1. The molecule has 53 heavy (non-hydrogen) atoms. The van der Waals surface area contributed by atoms with Crippen LogP contribution in [0.3, 0.4) is 0 Å². The van der Waals surface area contributed by atoms with E-state index in [2.05, 4.69) is 21.3 Å². The van der Waals surface area contributed by atoms with Gasteiger partial charge in [0.1, 0.15) is 11.2 Å². The minimum atomic E-state index is -0.611. The van der Waals surface area contributed by atoms with Crippen LogP contribution in [0.5, 0.6) is 5.88 Å². The van der Waals surface area contributed by atoms with E-state index in [0.29, 0.717) is 27.6 Å². The molecule has 274 valence electrons. The Hall–Kier alpha value is -5.00. The lowest BCUT2D eigenvalue weighted by atomic mass is 9.80. The zero-order chi connectivity index (χ0) is 37.2. The van der Waals surface area contributed by atoms with Crippen LogP contribution in [0.4, 0.5) is 11.5 Å². The summed E-state index contributed by atoms with van der Waals surface area (Å²) in [6, 6.07) is 15.6. The van der Waals surface area contributed by atoms with Crippen LogP contribution in [0.2, 0.25) is 5.02 Å². The summed E-state index contributed by atoms with van der Waals surface area (Å²) >= 11 is 7.27. The molecule has 2 bridgehead atoms. The number of aromatic nitrogens is 4. The van der Waals surface area contributed by atoms with Gasteiger partial charge in [0.2, 0.25) is 5.88 Å². The highest BCUT2D eigenvalue weighted by Gasteiger charge is 2.57. The Morgan fingerprint density at radius 3 is 2.49 bits per heavy atom. The normalized spacial score (nSPS) is 20.8. The van der Waals surface area contributed by atoms with Crippen LogP contribution >= 0.6 is 11.6 Å². The summed E-state index contributed by atoms with van der Waals surface area (Å²) < 4.78 is 8.37. The average molecular weight is 735 g/mol. The largest absolute Gasteiger partial charge is 0.481 e. The van der Waals surface area contributed by atoms with Gasteiger partial charge >= 0.3 is 11.7 Å². The van der Waals surface area contributed by atoms with Gasteiger partial charge in [0.05, 0.1) is 28.8 Å². The SMILES string of the molecule is COc1nc(-c2cccc(-c3cccc(Nc4nccc5c4c(=O)n(C)c(=O)n5C)c3C)c2Cl)cc2c1CCN(CCC13CCC(C(=O)O)(CC1)C3)C2. The van der Waals surface area contributed by atoms with Gasteiger partial charge in [-0.15, -0.1) is 0 Å². The molecule has 5 aromatic rings. The summed E-state index contributed by atoms with van der Waals surface area (Å²) in [6.07, 6.45) is 7.91. The van der Waals surface area contributed by atoms with Gasteiger partial charge in [-0.25, -0.2) is 14.8 Å². The van der Waals surface area contributed by atoms with Crippen LogP contribution in [0, 0.1) is 17.8 Å². The fourth-order valence-electron chi connectivity index (χ4n) is 9.20. The number of anilines is 2. The molecule has 3 aliphatic rings. The van der Waals surface area contributed by atoms with Crippen LogP contribution in [0.1, 0.15) is 55.2 Å². The maximum atomic E-state index is 13.2. The maximum Gasteiger partial charge on any atom is 0.330 e. The second-order valence-corrected chi connectivity index (χ2v) is 15.6. The third-order valence-electron chi connectivity index (χ3n) is 12.4. The summed E-state index contributed by atoms with van der Waals surface area (Å²) in [5, 5.41) is 14.1. The molecule has 0 radical (unpaired) electrons. The number of rotatable bonds is 9. The molecule has 8 rings (SSSR count). The lowest BCUT2D eigenvalue weighted by Crippen LogP contribution is -2.37. The van der Waals surface area contributed by atoms with Crippen LogP contribution in [0.25, 0.3) is 33.3 Å². The Bertz CT molecular complexity index is 2430. The van der Waals surface area contributed by atoms with Crippen molar-refractivity contribution >= 4 is 40.0 Å². The number of methoxy groups -OCH3 is 1. The van der Waals surface area contributed by atoms with Crippen molar-refractivity contribution in [3.05, 3.63) is 97.3 Å². The molecule has 2 N–H and O–H groups in total. The molecule has 2 aliphatic carbocycles. The zero-order valence-electron chi connectivity index (χ0n) is 30.5. The van der Waals surface area contributed by atoms with Crippen molar-refractivity contribution in [3.8, 4) is 28.3 Å². The van der Waals surface area contributed by atoms with Gasteiger partial charge < -0.3 is 15.2 Å². The average Bonchev–Trinajstić information content (AvgIpc) is 3.74. The molecule has 11 nitrogen and oxygen atoms in total. The van der Waals surface area contributed by atoms with Gasteiger partial charge in [0.15, 0.2) is 0 Å². The van der Waals surface area contributed by atoms with Crippen molar-refractivity contribution < 1.29 is 14.6 Å². The Morgan fingerprint density at radius 2 is 1.75 bits per heavy atom. The molecule has 0 amide bonds. The predicted molar refractivity (Wildman–Crippen MR) is 206 cm³/mol. The quantitative estimate of drug-likeness (QED) is 0.167. The van der Waals surface area contributed by atoms with E-state index in [-0.39, 0.29) is 5.41 Å². The summed E-state index contributed by atoms with van der Waals surface area (Å²) in [7, 11) is 4.76. The second-order valence-electron chi connectivity index (χ2n) is 15.2. The Kier molecular flexibility index (Phi) is 8.69. The molecule has 0 atom stereocenters. The number of aliphatic carboxylic acids is 1. The lowest BCUT2D eigenvalue weighted by Gasteiger charge is -2.33. The Labute approximate surface area is 312 Å². The lowest BCUT2D eigenvalue weighted by molar-refractivity contribution is -0.148. The smallest absolute Gasteiger partial charge is 0.330 e. The van der Waals surface area contributed by atoms with Crippen LogP contribution in [-0.2, 0) is 31.9 Å². The van der Waals surface area contributed by atoms with Crippen molar-refractivity contribution in [1.29, 1.82) is 0 Å². The molecule has 0 spiro atoms. The molecule has 2 fully saturated rings. The first kappa shape index (κ1) is 35.1. The number of hydrogen-bond donors (Lipinski definition) is 2. The van der Waals surface area contributed by atoms with E-state index in [1.807, 2.05) is 43.3 Å². The highest BCUT2D eigenvalue weighted by Crippen LogP contribution is 2.63. The number of carboxylic acid groups (broad SMARTS) is 1. The van der Waals surface area contributed by atoms with E-state index in [4.69, 9.17) is 21.3 Å². The third kappa shape index (κ3) is 5.81. The fourth-order valence-corrected chi connectivity index (χ4v) is 9.52. The van der Waals surface area contributed by atoms with Gasteiger partial charge in [-0.1, -0.05) is 41.9 Å². The number of hydrogen-bond acceptors (Lipinski definition) is 8. The monoisotopic (exact) mass is 734 g/mol. The number of nitrogens with one attached hydrogen (secondary N) is 1. The number of benzene rings is 2. The molecule has 2 saturated carbocycles. The van der Waals surface area contributed by atoms with Crippen molar-refractivity contribution in [2.75, 3.05) is 25.5 Å². The molecule has 4 heterocycles. The van der Waals surface area contributed by atoms with Crippen molar-refractivity contribution in [3.63, 3.8) is 0 Å². The first-order valence-electron chi connectivity index (χ1n) is 18.2. The molecule has 12 heteroatoms. The first-order valence-corrected chi connectivity index (χ1v) is 18.6. The van der Waals surface area contributed by atoms with E-state index < -0.39 is 22.6 Å². The van der Waals surface area contributed by atoms with Crippen molar-refractivity contribution in [2.24, 2.45) is 24.9 Å². The minimum Gasteiger partial charge on any atom is -0.481 e. The van der Waals surface area contributed by atoms with E-state index >= 15 is 0 Å². The molecule has 0 saturated heterocycles. The molecular weight excluding hydrogens is 692 g/mol. The van der Waals surface area contributed by atoms with Crippen LogP contribution in [-0.4, -0.2) is 55.3 Å². The Balaban J connectivity index is 1.08. The Morgan fingerprint density at radius 1 is 1.02 bits per heavy atom. The number of fused-ring (bicyclic) bond motifs is 4. The van der Waals surface area contributed by atoms with Crippen LogP contribution in [0.15, 0.2) is 64.3 Å². The molecule has 0 unspecified atom stereocenters. The van der Waals surface area contributed by atoms with Crippen molar-refractivity contribution in [2.45, 2.75) is 58.4 Å². The molecular formula is C41H43ClN6O5. The number of ether oxygens (including phenoxy) is 1. The van der Waals surface area contributed by atoms with Gasteiger partial charge in [0, 0.05) is 55.8 Å². The highest BCUT2D eigenvalue weighted by molar-refractivity contribution is 6.36. The summed E-state index contributed by atoms with van der Waals surface area (Å²) in [5.74, 6) is 0.362. The molecule has 1 aliphatic heterocycles. The highest BCUT2D eigenvalue weighted by atomic mass is 35.5. The number of carboxylic acids is 1. The van der Waals surface area contributed by atoms with Gasteiger partial charge in [-0.05, 0) is 98.7 Å². The van der Waals surface area contributed by atoms with E-state index in [0.717, 1.165) is 108 Å². The number of pyridine rings is 2. The summed E-state index contributed by atoms with van der Waals surface area (Å²) in [4.78, 5) is 49.7. The molecule has 2 aromatic carbocycles. The number of nitrogens with zero attached hydrogens (tertiary/aromatic N) is 5. The minimum absolute atomic E-state index is 0.154. The fraction of sp³-hybridized carbons (Fsp3) is 0.390. The standard InChI is InChI=1S/C41H43ClN6O5/c1-24-26(7-6-10-30(24)44-35-33-32(11-18-43-35)46(2)39(52)47(3)37(33)49)28-8-5-9-29(34(28)42)31-21-25-22-48(19-12-27(25)36(45-31)53-4)20-17-40-13-15-41(23-40,16-14-40)38(50)51/h5-11,18,21H,12-17,19-20,22-23H2,1-4H3,(H,43,44)(H,50,51). The molecule has 3 aromatic heterocycles. The van der Waals surface area contributed by atoms with E-state index in [9.17, 15) is 19.5 Å². The number of carbonyl (C=O) groups is 1. The second kappa shape index (κ2) is 13.1. The van der Waals surface area contributed by atoms with Gasteiger partial charge in [0.25, 0.3) is 5.56 Å². The first-order chi connectivity index (χ1) is 25.4. The summed E-state index contributed by atoms with van der Waals surface area (Å²) in [5.41, 5.74) is 6.53. The van der Waals surface area contributed by atoms with E-state index in [1.165, 1.54) is 17.2 Å². The van der Waals surface area contributed by atoms with E-state index in [1.54, 1.807) is 26.4 Å². The van der Waals surface area contributed by atoms with Crippen LogP contribution < -0.4 is 21.3 Å². The van der Waals surface area contributed by atoms with Gasteiger partial charge in [-0.3, -0.25) is 23.6 Å². The third-order valence-corrected chi connectivity index (χ3v) is 12.8. The summed E-state index contributed by atoms with van der Waals surface area (Å²) in [6.45, 7) is 4.61. The topological polar surface area (TPSA) is 132 Å². The zero-order valence-corrected chi connectivity index (χ0v) is 31.2. The number of halogens is 1.